The molecule has 1 amide bonds. The van der Waals surface area contributed by atoms with Gasteiger partial charge in [0, 0.05) is 10.8 Å². The SMILES string of the molecule is NC[C@H]1CCC[C@H]1C(=O)Nc1cc(F)ccc1SCC(F)F. The Kier molecular flexibility index (Phi) is 6.14. The van der Waals surface area contributed by atoms with Gasteiger partial charge in [0.05, 0.1) is 11.4 Å². The predicted molar refractivity (Wildman–Crippen MR) is 81.6 cm³/mol. The fraction of sp³-hybridized carbons (Fsp3) is 0.533. The van der Waals surface area contributed by atoms with Crippen LogP contribution < -0.4 is 11.1 Å². The molecular formula is C15H19F3N2OS. The van der Waals surface area contributed by atoms with Crippen LogP contribution in [0.15, 0.2) is 23.1 Å². The lowest BCUT2D eigenvalue weighted by Gasteiger charge is -2.18. The summed E-state index contributed by atoms with van der Waals surface area (Å²) in [5.41, 5.74) is 5.91. The zero-order chi connectivity index (χ0) is 16.1. The molecule has 22 heavy (non-hydrogen) atoms. The van der Waals surface area contributed by atoms with Gasteiger partial charge in [0.15, 0.2) is 0 Å². The molecule has 0 radical (unpaired) electrons. The van der Waals surface area contributed by atoms with E-state index < -0.39 is 18.0 Å². The van der Waals surface area contributed by atoms with Gasteiger partial charge in [0.25, 0.3) is 0 Å². The van der Waals surface area contributed by atoms with Gasteiger partial charge in [-0.1, -0.05) is 6.42 Å². The summed E-state index contributed by atoms with van der Waals surface area (Å²) in [4.78, 5) is 12.8. The topological polar surface area (TPSA) is 55.1 Å². The van der Waals surface area contributed by atoms with Crippen LogP contribution >= 0.6 is 11.8 Å². The van der Waals surface area contributed by atoms with E-state index in [1.54, 1.807) is 0 Å². The second kappa shape index (κ2) is 7.87. The van der Waals surface area contributed by atoms with Crippen molar-refractivity contribution in [3.63, 3.8) is 0 Å². The normalized spacial score (nSPS) is 21.3. The first-order chi connectivity index (χ1) is 10.5. The van der Waals surface area contributed by atoms with E-state index in [4.69, 9.17) is 5.73 Å². The molecule has 0 bridgehead atoms. The third-order valence-electron chi connectivity index (χ3n) is 3.86. The Balaban J connectivity index is 2.10. The quantitative estimate of drug-likeness (QED) is 0.784. The number of amides is 1. The first-order valence-electron chi connectivity index (χ1n) is 7.22. The Morgan fingerprint density at radius 3 is 2.86 bits per heavy atom. The molecular weight excluding hydrogens is 313 g/mol. The van der Waals surface area contributed by atoms with Crippen molar-refractivity contribution in [2.75, 3.05) is 17.6 Å². The molecule has 1 aromatic carbocycles. The molecule has 1 aliphatic rings. The van der Waals surface area contributed by atoms with Gasteiger partial charge in [-0.05, 0) is 43.5 Å². The number of hydrogen-bond acceptors (Lipinski definition) is 3. The summed E-state index contributed by atoms with van der Waals surface area (Å²) in [7, 11) is 0. The number of carbonyl (C=O) groups is 1. The van der Waals surface area contributed by atoms with Crippen molar-refractivity contribution in [1.82, 2.24) is 0 Å². The van der Waals surface area contributed by atoms with Crippen LogP contribution in [0.25, 0.3) is 0 Å². The van der Waals surface area contributed by atoms with Crippen molar-refractivity contribution in [3.05, 3.63) is 24.0 Å². The van der Waals surface area contributed by atoms with Gasteiger partial charge in [-0.3, -0.25) is 4.79 Å². The number of anilines is 1. The average molecular weight is 332 g/mol. The fourth-order valence-electron chi connectivity index (χ4n) is 2.77. The van der Waals surface area contributed by atoms with Crippen LogP contribution in [0.2, 0.25) is 0 Å². The maximum atomic E-state index is 13.4. The Hall–Kier alpha value is -1.21. The van der Waals surface area contributed by atoms with Crippen LogP contribution in [-0.4, -0.2) is 24.6 Å². The Bertz CT molecular complexity index is 528. The molecule has 0 aliphatic heterocycles. The van der Waals surface area contributed by atoms with Crippen molar-refractivity contribution >= 4 is 23.4 Å². The molecule has 1 saturated carbocycles. The van der Waals surface area contributed by atoms with E-state index >= 15 is 0 Å². The minimum Gasteiger partial charge on any atom is -0.330 e. The average Bonchev–Trinajstić information content (AvgIpc) is 2.94. The fourth-order valence-corrected chi connectivity index (χ4v) is 3.50. The summed E-state index contributed by atoms with van der Waals surface area (Å²) < 4.78 is 38.1. The van der Waals surface area contributed by atoms with Crippen LogP contribution in [-0.2, 0) is 4.79 Å². The number of benzene rings is 1. The van der Waals surface area contributed by atoms with Crippen LogP contribution in [0.1, 0.15) is 19.3 Å². The molecule has 1 aliphatic carbocycles. The lowest BCUT2D eigenvalue weighted by Crippen LogP contribution is -2.30. The lowest BCUT2D eigenvalue weighted by molar-refractivity contribution is -0.120. The van der Waals surface area contributed by atoms with Gasteiger partial charge in [-0.15, -0.1) is 11.8 Å². The maximum absolute atomic E-state index is 13.4. The van der Waals surface area contributed by atoms with E-state index in [1.807, 2.05) is 0 Å². The molecule has 0 heterocycles. The highest BCUT2D eigenvalue weighted by atomic mass is 32.2. The minimum absolute atomic E-state index is 0.130. The highest BCUT2D eigenvalue weighted by Crippen LogP contribution is 2.34. The molecule has 0 spiro atoms. The van der Waals surface area contributed by atoms with Gasteiger partial charge in [-0.2, -0.15) is 0 Å². The molecule has 2 atom stereocenters. The molecule has 2 rings (SSSR count). The zero-order valence-corrected chi connectivity index (χ0v) is 12.8. The Morgan fingerprint density at radius 1 is 1.41 bits per heavy atom. The number of rotatable bonds is 6. The smallest absolute Gasteiger partial charge is 0.247 e. The maximum Gasteiger partial charge on any atom is 0.247 e. The monoisotopic (exact) mass is 332 g/mol. The third-order valence-corrected chi connectivity index (χ3v) is 4.95. The molecule has 7 heteroatoms. The van der Waals surface area contributed by atoms with Crippen molar-refractivity contribution in [2.24, 2.45) is 17.6 Å². The molecule has 1 aromatic rings. The molecule has 122 valence electrons. The third kappa shape index (κ3) is 4.39. The number of thioether (sulfide) groups is 1. The van der Waals surface area contributed by atoms with E-state index in [0.717, 1.165) is 37.1 Å². The summed E-state index contributed by atoms with van der Waals surface area (Å²) in [6.45, 7) is 0.439. The van der Waals surface area contributed by atoms with Crippen LogP contribution in [0.5, 0.6) is 0 Å². The number of nitrogens with one attached hydrogen (secondary N) is 1. The van der Waals surface area contributed by atoms with Crippen LogP contribution in [0, 0.1) is 17.7 Å². The van der Waals surface area contributed by atoms with Gasteiger partial charge >= 0.3 is 0 Å². The summed E-state index contributed by atoms with van der Waals surface area (Å²) in [5, 5.41) is 2.68. The molecule has 1 fully saturated rings. The second-order valence-electron chi connectivity index (χ2n) is 5.37. The van der Waals surface area contributed by atoms with Crippen LogP contribution in [0.4, 0.5) is 18.9 Å². The Labute approximate surface area is 131 Å². The van der Waals surface area contributed by atoms with Crippen molar-refractivity contribution < 1.29 is 18.0 Å². The molecule has 0 saturated heterocycles. The second-order valence-corrected chi connectivity index (χ2v) is 6.43. The van der Waals surface area contributed by atoms with Crippen molar-refractivity contribution in [2.45, 2.75) is 30.6 Å². The largest absolute Gasteiger partial charge is 0.330 e. The molecule has 0 aromatic heterocycles. The summed E-state index contributed by atoms with van der Waals surface area (Å²) >= 11 is 0.899. The highest BCUT2D eigenvalue weighted by Gasteiger charge is 2.32. The summed E-state index contributed by atoms with van der Waals surface area (Å²) in [5.74, 6) is -1.19. The van der Waals surface area contributed by atoms with E-state index in [1.165, 1.54) is 12.1 Å². The van der Waals surface area contributed by atoms with E-state index in [9.17, 15) is 18.0 Å². The van der Waals surface area contributed by atoms with Crippen molar-refractivity contribution in [3.8, 4) is 0 Å². The van der Waals surface area contributed by atoms with Gasteiger partial charge < -0.3 is 11.1 Å². The van der Waals surface area contributed by atoms with Gasteiger partial charge in [-0.25, -0.2) is 13.2 Å². The zero-order valence-electron chi connectivity index (χ0n) is 12.0. The van der Waals surface area contributed by atoms with Crippen molar-refractivity contribution in [1.29, 1.82) is 0 Å². The molecule has 0 unspecified atom stereocenters. The number of carbonyl (C=O) groups excluding carboxylic acids is 1. The molecule has 3 nitrogen and oxygen atoms in total. The standard InChI is InChI=1S/C15H19F3N2OS/c16-10-4-5-13(22-8-14(17)18)12(6-10)20-15(21)11-3-1-2-9(11)7-19/h4-6,9,11,14H,1-3,7-8,19H2,(H,20,21)/t9-,11-/m1/s1. The van der Waals surface area contributed by atoms with E-state index in [-0.39, 0.29) is 23.4 Å². The number of alkyl halides is 2. The van der Waals surface area contributed by atoms with Gasteiger partial charge in [0.1, 0.15) is 5.82 Å². The van der Waals surface area contributed by atoms with E-state index in [0.29, 0.717) is 11.4 Å². The van der Waals surface area contributed by atoms with Crippen LogP contribution in [0.3, 0.4) is 0 Å². The summed E-state index contributed by atoms with van der Waals surface area (Å²) in [6, 6.07) is 3.77. The number of halogens is 3. The lowest BCUT2D eigenvalue weighted by atomic mass is 9.95. The molecule has 3 N–H and O–H groups in total. The van der Waals surface area contributed by atoms with Gasteiger partial charge in [0.2, 0.25) is 12.3 Å². The number of hydrogen-bond donors (Lipinski definition) is 2. The summed E-state index contributed by atoms with van der Waals surface area (Å²) in [6.07, 6.45) is 0.138. The number of nitrogens with two attached hydrogens (primary N) is 1. The first kappa shape index (κ1) is 17.1. The first-order valence-corrected chi connectivity index (χ1v) is 8.21. The highest BCUT2D eigenvalue weighted by molar-refractivity contribution is 7.99. The minimum atomic E-state index is -2.46. The van der Waals surface area contributed by atoms with E-state index in [2.05, 4.69) is 5.32 Å². The predicted octanol–water partition coefficient (Wildman–Crippen LogP) is 3.50. The Morgan fingerprint density at radius 2 is 2.18 bits per heavy atom.